The molecule has 2 heterocycles. The van der Waals surface area contributed by atoms with Crippen molar-refractivity contribution in [1.29, 1.82) is 0 Å². The van der Waals surface area contributed by atoms with Gasteiger partial charge in [0.2, 0.25) is 5.82 Å². The van der Waals surface area contributed by atoms with Crippen LogP contribution in [0.1, 0.15) is 30.2 Å². The maximum absolute atomic E-state index is 11.3. The van der Waals surface area contributed by atoms with E-state index in [1.54, 1.807) is 23.1 Å². The van der Waals surface area contributed by atoms with Crippen LogP contribution in [0.3, 0.4) is 0 Å². The van der Waals surface area contributed by atoms with Gasteiger partial charge < -0.3 is 5.32 Å². The van der Waals surface area contributed by atoms with E-state index in [2.05, 4.69) is 21.2 Å². The summed E-state index contributed by atoms with van der Waals surface area (Å²) < 4.78 is 1.56. The fourth-order valence-corrected chi connectivity index (χ4v) is 2.97. The molecule has 0 atom stereocenters. The molecule has 0 saturated heterocycles. The van der Waals surface area contributed by atoms with Crippen LogP contribution in [0.25, 0.3) is 0 Å². The lowest BCUT2D eigenvalue weighted by Gasteiger charge is -2.05. The summed E-state index contributed by atoms with van der Waals surface area (Å²) in [5.74, 6) is 0.476. The molecule has 0 radical (unpaired) electrons. The molecule has 0 aliphatic rings. The van der Waals surface area contributed by atoms with E-state index in [9.17, 15) is 10.1 Å². The van der Waals surface area contributed by atoms with Crippen molar-refractivity contribution < 1.29 is 4.92 Å². The second-order valence-corrected chi connectivity index (χ2v) is 5.45. The lowest BCUT2D eigenvalue weighted by atomic mass is 10.2. The topological polar surface area (TPSA) is 73.0 Å². The third-order valence-electron chi connectivity index (χ3n) is 3.17. The summed E-state index contributed by atoms with van der Waals surface area (Å²) in [5, 5.41) is 22.8. The van der Waals surface area contributed by atoms with Gasteiger partial charge in [-0.2, -0.15) is 16.4 Å². The molecule has 0 fully saturated rings. The fourth-order valence-electron chi connectivity index (χ4n) is 2.11. The van der Waals surface area contributed by atoms with E-state index < -0.39 is 0 Å². The van der Waals surface area contributed by atoms with Crippen LogP contribution in [0, 0.1) is 17.0 Å². The predicted octanol–water partition coefficient (Wildman–Crippen LogP) is 3.26. The Hall–Kier alpha value is -1.89. The van der Waals surface area contributed by atoms with E-state index in [4.69, 9.17) is 0 Å². The van der Waals surface area contributed by atoms with Crippen molar-refractivity contribution >= 4 is 22.8 Å². The van der Waals surface area contributed by atoms with Gasteiger partial charge in [0.1, 0.15) is 5.69 Å². The summed E-state index contributed by atoms with van der Waals surface area (Å²) in [4.78, 5) is 10.9. The first kappa shape index (κ1) is 14.5. The number of rotatable bonds is 6. The molecule has 2 aromatic heterocycles. The second-order valence-electron chi connectivity index (χ2n) is 4.71. The molecule has 1 N–H and O–H groups in total. The lowest BCUT2D eigenvalue weighted by molar-refractivity contribution is -0.384. The van der Waals surface area contributed by atoms with Gasteiger partial charge in [-0.1, -0.05) is 13.3 Å². The number of nitrogens with one attached hydrogen (secondary N) is 1. The fraction of sp³-hybridized carbons (Fsp3) is 0.462. The van der Waals surface area contributed by atoms with E-state index in [1.165, 1.54) is 5.56 Å². The molecule has 2 rings (SSSR count). The molecule has 0 saturated carbocycles. The van der Waals surface area contributed by atoms with Crippen LogP contribution in [0.5, 0.6) is 0 Å². The molecule has 7 heteroatoms. The molecule has 0 aliphatic heterocycles. The summed E-state index contributed by atoms with van der Waals surface area (Å²) in [7, 11) is 1.73. The monoisotopic (exact) mass is 294 g/mol. The first-order chi connectivity index (χ1) is 9.54. The molecule has 0 aliphatic carbocycles. The van der Waals surface area contributed by atoms with Crippen molar-refractivity contribution in [1.82, 2.24) is 9.78 Å². The quantitative estimate of drug-likeness (QED) is 0.655. The van der Waals surface area contributed by atoms with Crippen molar-refractivity contribution in [2.24, 2.45) is 7.05 Å². The number of thiophene rings is 1. The minimum Gasteiger partial charge on any atom is -0.360 e. The number of hydrogen-bond donors (Lipinski definition) is 1. The van der Waals surface area contributed by atoms with Gasteiger partial charge in [-0.15, -0.1) is 0 Å². The van der Waals surface area contributed by atoms with Crippen LogP contribution in [0.4, 0.5) is 11.5 Å². The number of anilines is 1. The Morgan fingerprint density at radius 1 is 1.50 bits per heavy atom. The molecular weight excluding hydrogens is 276 g/mol. The summed E-state index contributed by atoms with van der Waals surface area (Å²) in [5.41, 5.74) is 3.00. The van der Waals surface area contributed by atoms with Crippen molar-refractivity contribution in [3.8, 4) is 0 Å². The highest BCUT2D eigenvalue weighted by Gasteiger charge is 2.25. The van der Waals surface area contributed by atoms with Crippen molar-refractivity contribution in [2.75, 3.05) is 5.32 Å². The Morgan fingerprint density at radius 3 is 2.80 bits per heavy atom. The summed E-state index contributed by atoms with van der Waals surface area (Å²) in [6.45, 7) is 4.59. The molecule has 0 spiro atoms. The van der Waals surface area contributed by atoms with Gasteiger partial charge in [-0.25, -0.2) is 4.68 Å². The summed E-state index contributed by atoms with van der Waals surface area (Å²) in [6, 6.07) is 0. The molecular formula is C13H18N4O2S. The first-order valence-corrected chi connectivity index (χ1v) is 7.44. The Morgan fingerprint density at radius 2 is 2.25 bits per heavy atom. The number of nitrogens with zero attached hydrogens (tertiary/aromatic N) is 3. The average molecular weight is 294 g/mol. The van der Waals surface area contributed by atoms with E-state index in [-0.39, 0.29) is 10.6 Å². The van der Waals surface area contributed by atoms with Gasteiger partial charge in [-0.05, 0) is 35.2 Å². The Kier molecular flexibility index (Phi) is 4.39. The smallest absolute Gasteiger partial charge is 0.334 e. The number of nitro groups is 1. The molecule has 6 nitrogen and oxygen atoms in total. The van der Waals surface area contributed by atoms with Gasteiger partial charge in [-0.3, -0.25) is 10.1 Å². The SMILES string of the molecule is CCCc1nn(C)c(NCc2cscc2C)c1[N+](=O)[O-]. The standard InChI is InChI=1S/C13H18N4O2S/c1-4-5-11-12(17(18)19)13(16(3)15-11)14-6-10-8-20-7-9(10)2/h7-8,14H,4-6H2,1-3H3. The van der Waals surface area contributed by atoms with E-state index >= 15 is 0 Å². The first-order valence-electron chi connectivity index (χ1n) is 6.50. The Balaban J connectivity index is 2.26. The van der Waals surface area contributed by atoms with Gasteiger partial charge in [0.05, 0.1) is 4.92 Å². The van der Waals surface area contributed by atoms with Crippen LogP contribution in [-0.4, -0.2) is 14.7 Å². The van der Waals surface area contributed by atoms with Crippen LogP contribution >= 0.6 is 11.3 Å². The third kappa shape index (κ3) is 2.82. The molecule has 0 aromatic carbocycles. The third-order valence-corrected chi connectivity index (χ3v) is 4.08. The van der Waals surface area contributed by atoms with Crippen molar-refractivity contribution in [3.63, 3.8) is 0 Å². The maximum Gasteiger partial charge on any atom is 0.334 e. The molecule has 2 aromatic rings. The zero-order valence-corrected chi connectivity index (χ0v) is 12.7. The Labute approximate surface area is 121 Å². The minimum absolute atomic E-state index is 0.0993. The number of aryl methyl sites for hydroxylation is 3. The average Bonchev–Trinajstić information content (AvgIpc) is 2.91. The van der Waals surface area contributed by atoms with Crippen LogP contribution in [-0.2, 0) is 20.0 Å². The van der Waals surface area contributed by atoms with Crippen molar-refractivity contribution in [2.45, 2.75) is 33.2 Å². The Bertz CT molecular complexity index is 618. The normalized spacial score (nSPS) is 10.8. The lowest BCUT2D eigenvalue weighted by Crippen LogP contribution is -2.06. The molecule has 20 heavy (non-hydrogen) atoms. The van der Waals surface area contributed by atoms with Gasteiger partial charge in [0.15, 0.2) is 0 Å². The highest BCUT2D eigenvalue weighted by Crippen LogP contribution is 2.29. The zero-order chi connectivity index (χ0) is 14.7. The molecule has 0 amide bonds. The van der Waals surface area contributed by atoms with E-state index in [1.807, 2.05) is 13.8 Å². The van der Waals surface area contributed by atoms with Gasteiger partial charge >= 0.3 is 5.69 Å². The number of hydrogen-bond acceptors (Lipinski definition) is 5. The van der Waals surface area contributed by atoms with E-state index in [0.29, 0.717) is 24.5 Å². The van der Waals surface area contributed by atoms with E-state index in [0.717, 1.165) is 12.0 Å². The summed E-state index contributed by atoms with van der Waals surface area (Å²) >= 11 is 1.63. The number of aromatic nitrogens is 2. The van der Waals surface area contributed by atoms with Crippen LogP contribution < -0.4 is 5.32 Å². The van der Waals surface area contributed by atoms with Crippen LogP contribution in [0.2, 0.25) is 0 Å². The largest absolute Gasteiger partial charge is 0.360 e. The summed E-state index contributed by atoms with van der Waals surface area (Å²) in [6.07, 6.45) is 1.45. The van der Waals surface area contributed by atoms with Crippen LogP contribution in [0.15, 0.2) is 10.8 Å². The maximum atomic E-state index is 11.3. The molecule has 0 unspecified atom stereocenters. The second kappa shape index (κ2) is 6.04. The molecule has 108 valence electrons. The minimum atomic E-state index is -0.346. The molecule has 0 bridgehead atoms. The highest BCUT2D eigenvalue weighted by atomic mass is 32.1. The zero-order valence-electron chi connectivity index (χ0n) is 11.8. The van der Waals surface area contributed by atoms with Gasteiger partial charge in [0.25, 0.3) is 0 Å². The van der Waals surface area contributed by atoms with Gasteiger partial charge in [0, 0.05) is 13.6 Å². The predicted molar refractivity (Wildman–Crippen MR) is 80.2 cm³/mol. The highest BCUT2D eigenvalue weighted by molar-refractivity contribution is 7.08. The van der Waals surface area contributed by atoms with Crippen molar-refractivity contribution in [3.05, 3.63) is 37.7 Å².